The number of hydrogen-bond donors (Lipinski definition) is 1. The third-order valence-corrected chi connectivity index (χ3v) is 3.69. The summed E-state index contributed by atoms with van der Waals surface area (Å²) in [5, 5.41) is 2.09. The van der Waals surface area contributed by atoms with Crippen LogP contribution in [0.5, 0.6) is 0 Å². The molecule has 3 heteroatoms. The summed E-state index contributed by atoms with van der Waals surface area (Å²) in [6, 6.07) is 4.19. The summed E-state index contributed by atoms with van der Waals surface area (Å²) in [4.78, 5) is 0. The molecule has 0 aromatic carbocycles. The largest absolute Gasteiger partial charge is 0.325 e. The first-order valence-corrected chi connectivity index (χ1v) is 5.40. The Morgan fingerprint density at radius 3 is 2.82 bits per heavy atom. The highest BCUT2D eigenvalue weighted by molar-refractivity contribution is 8.01. The highest BCUT2D eigenvalue weighted by Crippen LogP contribution is 2.25. The second-order valence-electron chi connectivity index (χ2n) is 3.21. The Kier molecular flexibility index (Phi) is 2.98. The minimum atomic E-state index is -0.0609. The molecule has 1 rings (SSSR count). The minimum absolute atomic E-state index is 0.0609. The lowest BCUT2D eigenvalue weighted by atomic mass is 10.1. The molecule has 0 saturated carbocycles. The molecule has 1 aromatic heterocycles. The maximum Gasteiger partial charge on any atom is 0.0599 e. The minimum Gasteiger partial charge on any atom is -0.325 e. The van der Waals surface area contributed by atoms with E-state index in [2.05, 4.69) is 17.5 Å². The van der Waals surface area contributed by atoms with Gasteiger partial charge in [0, 0.05) is 11.3 Å². The fourth-order valence-electron chi connectivity index (χ4n) is 0.603. The molecule has 0 aliphatic rings. The molecule has 0 amide bonds. The van der Waals surface area contributed by atoms with Gasteiger partial charge in [0.25, 0.3) is 0 Å². The second kappa shape index (κ2) is 3.61. The van der Waals surface area contributed by atoms with E-state index in [9.17, 15) is 0 Å². The van der Waals surface area contributed by atoms with Gasteiger partial charge in [0.15, 0.2) is 0 Å². The van der Waals surface area contributed by atoms with Crippen molar-refractivity contribution < 1.29 is 0 Å². The summed E-state index contributed by atoms with van der Waals surface area (Å²) >= 11 is 3.60. The van der Waals surface area contributed by atoms with E-state index in [1.54, 1.807) is 11.3 Å². The second-order valence-corrected chi connectivity index (χ2v) is 5.43. The van der Waals surface area contributed by atoms with Crippen LogP contribution >= 0.6 is 23.1 Å². The van der Waals surface area contributed by atoms with Gasteiger partial charge >= 0.3 is 0 Å². The van der Waals surface area contributed by atoms with Gasteiger partial charge < -0.3 is 5.73 Å². The molecule has 0 radical (unpaired) electrons. The molecule has 2 N–H and O–H groups in total. The molecule has 0 saturated heterocycles. The summed E-state index contributed by atoms with van der Waals surface area (Å²) in [6.45, 7) is 4.10. The van der Waals surface area contributed by atoms with Gasteiger partial charge in [-0.05, 0) is 25.3 Å². The van der Waals surface area contributed by atoms with Gasteiger partial charge in [-0.1, -0.05) is 6.07 Å². The van der Waals surface area contributed by atoms with Crippen LogP contribution in [0.15, 0.2) is 21.7 Å². The Bertz CT molecular complexity index is 198. The molecule has 1 heterocycles. The van der Waals surface area contributed by atoms with Crippen LogP contribution in [-0.2, 0) is 0 Å². The van der Waals surface area contributed by atoms with Crippen LogP contribution in [0.3, 0.4) is 0 Å². The average Bonchev–Trinajstić information content (AvgIpc) is 2.32. The average molecular weight is 187 g/mol. The van der Waals surface area contributed by atoms with Crippen molar-refractivity contribution in [2.75, 3.05) is 5.75 Å². The molecule has 11 heavy (non-hydrogen) atoms. The van der Waals surface area contributed by atoms with E-state index in [4.69, 9.17) is 5.73 Å². The first kappa shape index (κ1) is 9.10. The molecule has 62 valence electrons. The lowest BCUT2D eigenvalue weighted by Crippen LogP contribution is -2.34. The van der Waals surface area contributed by atoms with E-state index in [0.29, 0.717) is 0 Å². The van der Waals surface area contributed by atoms with Gasteiger partial charge in [-0.2, -0.15) is 0 Å². The first-order valence-electron chi connectivity index (χ1n) is 3.53. The van der Waals surface area contributed by atoms with Gasteiger partial charge in [0.2, 0.25) is 0 Å². The van der Waals surface area contributed by atoms with Crippen molar-refractivity contribution in [2.45, 2.75) is 23.6 Å². The lowest BCUT2D eigenvalue weighted by Gasteiger charge is -2.16. The molecule has 0 bridgehead atoms. The Labute approximate surface area is 76.0 Å². The quantitative estimate of drug-likeness (QED) is 0.736. The summed E-state index contributed by atoms with van der Waals surface area (Å²) in [5.41, 5.74) is 5.77. The molecular formula is C8H13NS2. The third-order valence-electron chi connectivity index (χ3n) is 1.08. The third kappa shape index (κ3) is 3.79. The summed E-state index contributed by atoms with van der Waals surface area (Å²) in [5.74, 6) is 0.980. The van der Waals surface area contributed by atoms with E-state index in [1.165, 1.54) is 4.21 Å². The predicted molar refractivity (Wildman–Crippen MR) is 53.3 cm³/mol. The van der Waals surface area contributed by atoms with Crippen LogP contribution in [-0.4, -0.2) is 11.3 Å². The van der Waals surface area contributed by atoms with Crippen molar-refractivity contribution in [1.29, 1.82) is 0 Å². The number of thioether (sulfide) groups is 1. The Morgan fingerprint density at radius 1 is 1.64 bits per heavy atom. The van der Waals surface area contributed by atoms with Crippen molar-refractivity contribution in [3.8, 4) is 0 Å². The summed E-state index contributed by atoms with van der Waals surface area (Å²) < 4.78 is 1.35. The van der Waals surface area contributed by atoms with E-state index in [1.807, 2.05) is 25.6 Å². The Balaban J connectivity index is 2.35. The number of rotatable bonds is 3. The smallest absolute Gasteiger partial charge is 0.0599 e. The Hall–Kier alpha value is 0.01000. The van der Waals surface area contributed by atoms with Crippen LogP contribution in [0.2, 0.25) is 0 Å². The zero-order valence-electron chi connectivity index (χ0n) is 6.83. The standard InChI is InChI=1S/C8H13NS2/c1-8(2,9)6-11-7-4-3-5-10-7/h3-5H,6,9H2,1-2H3. The maximum atomic E-state index is 5.84. The highest BCUT2D eigenvalue weighted by Gasteiger charge is 2.10. The van der Waals surface area contributed by atoms with Gasteiger partial charge in [-0.3, -0.25) is 0 Å². The van der Waals surface area contributed by atoms with E-state index in [0.717, 1.165) is 5.75 Å². The molecule has 0 aliphatic carbocycles. The lowest BCUT2D eigenvalue weighted by molar-refractivity contribution is 0.591. The van der Waals surface area contributed by atoms with Gasteiger partial charge in [-0.25, -0.2) is 0 Å². The molecule has 0 unspecified atom stereocenters. The van der Waals surface area contributed by atoms with Gasteiger partial charge in [0.1, 0.15) is 0 Å². The monoisotopic (exact) mass is 187 g/mol. The molecule has 1 aromatic rings. The van der Waals surface area contributed by atoms with Crippen molar-refractivity contribution in [2.24, 2.45) is 5.73 Å². The van der Waals surface area contributed by atoms with Crippen molar-refractivity contribution in [1.82, 2.24) is 0 Å². The SMILES string of the molecule is CC(C)(N)CSc1cccs1. The molecule has 0 aliphatic heterocycles. The normalized spacial score (nSPS) is 11.9. The molecule has 0 fully saturated rings. The fourth-order valence-corrected chi connectivity index (χ4v) is 2.36. The van der Waals surface area contributed by atoms with Crippen molar-refractivity contribution in [3.05, 3.63) is 17.5 Å². The van der Waals surface area contributed by atoms with Crippen LogP contribution in [0, 0.1) is 0 Å². The topological polar surface area (TPSA) is 26.0 Å². The zero-order valence-corrected chi connectivity index (χ0v) is 8.47. The number of hydrogen-bond acceptors (Lipinski definition) is 3. The van der Waals surface area contributed by atoms with Crippen LogP contribution < -0.4 is 5.73 Å². The van der Waals surface area contributed by atoms with E-state index in [-0.39, 0.29) is 5.54 Å². The molecule has 0 spiro atoms. The molecular weight excluding hydrogens is 174 g/mol. The van der Waals surface area contributed by atoms with E-state index < -0.39 is 0 Å². The number of thiophene rings is 1. The van der Waals surface area contributed by atoms with E-state index >= 15 is 0 Å². The van der Waals surface area contributed by atoms with Crippen LogP contribution in [0.4, 0.5) is 0 Å². The van der Waals surface area contributed by atoms with Gasteiger partial charge in [-0.15, -0.1) is 23.1 Å². The summed E-state index contributed by atoms with van der Waals surface area (Å²) in [6.07, 6.45) is 0. The van der Waals surface area contributed by atoms with Crippen LogP contribution in [0.25, 0.3) is 0 Å². The molecule has 1 nitrogen and oxygen atoms in total. The predicted octanol–water partition coefficient (Wildman–Crippen LogP) is 2.58. The Morgan fingerprint density at radius 2 is 2.36 bits per heavy atom. The van der Waals surface area contributed by atoms with Crippen molar-refractivity contribution in [3.63, 3.8) is 0 Å². The number of nitrogens with two attached hydrogens (primary N) is 1. The fraction of sp³-hybridized carbons (Fsp3) is 0.500. The first-order chi connectivity index (χ1) is 5.08. The highest BCUT2D eigenvalue weighted by atomic mass is 32.2. The van der Waals surface area contributed by atoms with Crippen LogP contribution in [0.1, 0.15) is 13.8 Å². The van der Waals surface area contributed by atoms with Crippen molar-refractivity contribution >= 4 is 23.1 Å². The maximum absolute atomic E-state index is 5.84. The van der Waals surface area contributed by atoms with Gasteiger partial charge in [0.05, 0.1) is 4.21 Å². The summed E-state index contributed by atoms with van der Waals surface area (Å²) in [7, 11) is 0. The molecule has 0 atom stereocenters. The zero-order chi connectivity index (χ0) is 8.32.